The Bertz CT molecular complexity index is 1310. The molecule has 7 heteroatoms. The molecule has 0 aliphatic heterocycles. The lowest BCUT2D eigenvalue weighted by molar-refractivity contribution is -0.114. The van der Waals surface area contributed by atoms with Gasteiger partial charge in [-0.25, -0.2) is 8.42 Å². The van der Waals surface area contributed by atoms with E-state index >= 15 is 0 Å². The fraction of sp³-hybridized carbons (Fsp3) is 0.192. The molecule has 4 rings (SSSR count). The number of hydrogen-bond donors (Lipinski definition) is 0. The zero-order valence-electron chi connectivity index (χ0n) is 18.6. The Hall–Kier alpha value is -2.90. The Morgan fingerprint density at radius 1 is 0.939 bits per heavy atom. The average Bonchev–Trinajstić information content (AvgIpc) is 3.20. The lowest BCUT2D eigenvalue weighted by Crippen LogP contribution is -2.04. The first-order valence-electron chi connectivity index (χ1n) is 10.5. The largest absolute Gasteiger partial charge is 0.494 e. The Kier molecular flexibility index (Phi) is 8.47. The summed E-state index contributed by atoms with van der Waals surface area (Å²) in [7, 11) is -3.73. The molecule has 2 heterocycles. The monoisotopic (exact) mass is 527 g/mol. The second-order valence-electron chi connectivity index (χ2n) is 7.51. The summed E-state index contributed by atoms with van der Waals surface area (Å²) in [5, 5.41) is 0.865. The highest BCUT2D eigenvalue weighted by atomic mass is 79.9. The lowest BCUT2D eigenvalue weighted by Gasteiger charge is -2.09. The minimum atomic E-state index is -3.73. The van der Waals surface area contributed by atoms with E-state index in [2.05, 4.69) is 15.9 Å². The van der Waals surface area contributed by atoms with Crippen LogP contribution in [0, 0.1) is 0 Å². The van der Waals surface area contributed by atoms with Gasteiger partial charge in [0.15, 0.2) is 0 Å². The molecule has 172 valence electrons. The summed E-state index contributed by atoms with van der Waals surface area (Å²) in [6.45, 7) is 3.64. The quantitative estimate of drug-likeness (QED) is 0.212. The van der Waals surface area contributed by atoms with Gasteiger partial charge in [0, 0.05) is 23.3 Å². The zero-order chi connectivity index (χ0) is 23.8. The number of ether oxygens (including phenoxy) is 1. The first-order valence-corrected chi connectivity index (χ1v) is 13.1. The van der Waals surface area contributed by atoms with Crippen molar-refractivity contribution in [3.63, 3.8) is 0 Å². The molecule has 0 fully saturated rings. The van der Waals surface area contributed by atoms with Crippen LogP contribution >= 0.6 is 15.9 Å². The number of aromatic nitrogens is 1. The van der Waals surface area contributed by atoms with Crippen LogP contribution in [0.15, 0.2) is 95.0 Å². The molecule has 0 aliphatic carbocycles. The van der Waals surface area contributed by atoms with Gasteiger partial charge in [0.1, 0.15) is 16.4 Å². The maximum absolute atomic E-state index is 13.6. The number of rotatable bonds is 7. The minimum absolute atomic E-state index is 0.167. The van der Waals surface area contributed by atoms with Gasteiger partial charge in [0.2, 0.25) is 9.84 Å². The number of alkyl halides is 1. The molecule has 0 saturated heterocycles. The number of ketones is 1. The molecular formula is C26H26BrNO4S. The zero-order valence-corrected chi connectivity index (χ0v) is 21.0. The maximum atomic E-state index is 13.6. The number of carbonyl (C=O) groups is 1. The molecule has 0 aliphatic rings. The summed E-state index contributed by atoms with van der Waals surface area (Å²) >= 11 is 3.37. The summed E-state index contributed by atoms with van der Waals surface area (Å²) < 4.78 is 34.7. The van der Waals surface area contributed by atoms with Crippen molar-refractivity contribution in [2.45, 2.75) is 30.1 Å². The Balaban J connectivity index is 0.000000709. The fourth-order valence-corrected chi connectivity index (χ4v) is 5.15. The van der Waals surface area contributed by atoms with Crippen LogP contribution in [-0.4, -0.2) is 30.5 Å². The van der Waals surface area contributed by atoms with Crippen LogP contribution in [0.1, 0.15) is 20.3 Å². The summed E-state index contributed by atoms with van der Waals surface area (Å²) in [6.07, 6.45) is 4.62. The van der Waals surface area contributed by atoms with E-state index in [1.807, 2.05) is 65.3 Å². The van der Waals surface area contributed by atoms with Gasteiger partial charge in [-0.05, 0) is 62.2 Å². The molecule has 0 amide bonds. The molecule has 0 unspecified atom stereocenters. The number of nitrogens with zero attached hydrogens (tertiary/aromatic N) is 1. The molecular weight excluding hydrogens is 502 g/mol. The maximum Gasteiger partial charge on any atom is 0.209 e. The van der Waals surface area contributed by atoms with Gasteiger partial charge in [-0.1, -0.05) is 52.3 Å². The summed E-state index contributed by atoms with van der Waals surface area (Å²) in [6, 6.07) is 21.8. The summed E-state index contributed by atoms with van der Waals surface area (Å²) in [5.74, 6) is 0.829. The molecule has 0 atom stereocenters. The number of sulfone groups is 1. The van der Waals surface area contributed by atoms with Crippen LogP contribution in [0.4, 0.5) is 0 Å². The van der Waals surface area contributed by atoms with Gasteiger partial charge in [0.05, 0.1) is 17.0 Å². The van der Waals surface area contributed by atoms with Gasteiger partial charge in [-0.2, -0.15) is 0 Å². The van der Waals surface area contributed by atoms with E-state index in [0.29, 0.717) is 28.3 Å². The Labute approximate surface area is 203 Å². The minimum Gasteiger partial charge on any atom is -0.494 e. The van der Waals surface area contributed by atoms with Crippen molar-refractivity contribution in [2.24, 2.45) is 0 Å². The fourth-order valence-electron chi connectivity index (χ4n) is 3.28. The van der Waals surface area contributed by atoms with Crippen molar-refractivity contribution in [3.8, 4) is 16.9 Å². The van der Waals surface area contributed by atoms with Crippen LogP contribution < -0.4 is 4.74 Å². The lowest BCUT2D eigenvalue weighted by atomic mass is 10.1. The molecule has 5 nitrogen and oxygen atoms in total. The first kappa shape index (κ1) is 24.7. The third-order valence-corrected chi connectivity index (χ3v) is 7.09. The van der Waals surface area contributed by atoms with E-state index in [1.165, 1.54) is 13.8 Å². The van der Waals surface area contributed by atoms with E-state index in [0.717, 1.165) is 17.3 Å². The van der Waals surface area contributed by atoms with Crippen LogP contribution in [0.5, 0.6) is 5.75 Å². The second kappa shape index (κ2) is 11.3. The van der Waals surface area contributed by atoms with Crippen molar-refractivity contribution in [1.82, 2.24) is 4.40 Å². The highest BCUT2D eigenvalue weighted by molar-refractivity contribution is 9.09. The van der Waals surface area contributed by atoms with Crippen LogP contribution in [0.25, 0.3) is 16.6 Å². The van der Waals surface area contributed by atoms with Crippen molar-refractivity contribution in [1.29, 1.82) is 0 Å². The number of carbonyl (C=O) groups excluding carboxylic acids is 1. The number of Topliss-reactive ketones (excluding diaryl/α,β-unsaturated/α-hetero) is 1. The van der Waals surface area contributed by atoms with Gasteiger partial charge in [0.25, 0.3) is 0 Å². The predicted octanol–water partition coefficient (Wildman–Crippen LogP) is 6.20. The van der Waals surface area contributed by atoms with Crippen molar-refractivity contribution >= 4 is 37.1 Å². The summed E-state index contributed by atoms with van der Waals surface area (Å²) in [4.78, 5) is 10.0. The van der Waals surface area contributed by atoms with Crippen LogP contribution in [0.2, 0.25) is 0 Å². The Morgan fingerprint density at radius 3 is 2.21 bits per heavy atom. The highest BCUT2D eigenvalue weighted by Gasteiger charge is 2.26. The normalized spacial score (nSPS) is 11.0. The van der Waals surface area contributed by atoms with Gasteiger partial charge in [-0.15, -0.1) is 0 Å². The van der Waals surface area contributed by atoms with E-state index in [9.17, 15) is 13.2 Å². The molecule has 4 aromatic rings. The van der Waals surface area contributed by atoms with Crippen molar-refractivity contribution < 1.29 is 17.9 Å². The molecule has 0 bridgehead atoms. The standard InChI is InChI=1S/C23H20BrNO3S.C3H6O/c24-14-6-16-28-19-10-12-20(13-11-19)29(26,27)23-21(18-7-2-1-3-8-18)17-25-15-5-4-9-22(23)25;1-3(2)4/h1-5,7-13,15,17H,6,14,16H2;1-2H3. The molecule has 0 saturated carbocycles. The predicted molar refractivity (Wildman–Crippen MR) is 135 cm³/mol. The first-order chi connectivity index (χ1) is 15.8. The number of benzene rings is 2. The number of halogens is 1. The van der Waals surface area contributed by atoms with E-state index in [-0.39, 0.29) is 10.7 Å². The van der Waals surface area contributed by atoms with Crippen molar-refractivity contribution in [2.75, 3.05) is 11.9 Å². The second-order valence-corrected chi connectivity index (χ2v) is 10.2. The van der Waals surface area contributed by atoms with E-state index < -0.39 is 9.84 Å². The highest BCUT2D eigenvalue weighted by Crippen LogP contribution is 2.36. The average molecular weight is 528 g/mol. The smallest absolute Gasteiger partial charge is 0.209 e. The van der Waals surface area contributed by atoms with Gasteiger partial charge >= 0.3 is 0 Å². The van der Waals surface area contributed by atoms with Crippen LogP contribution in [-0.2, 0) is 14.6 Å². The van der Waals surface area contributed by atoms with Gasteiger partial charge < -0.3 is 13.9 Å². The third kappa shape index (κ3) is 6.12. The van der Waals surface area contributed by atoms with Crippen LogP contribution in [0.3, 0.4) is 0 Å². The number of pyridine rings is 1. The molecule has 33 heavy (non-hydrogen) atoms. The number of hydrogen-bond acceptors (Lipinski definition) is 4. The third-order valence-electron chi connectivity index (χ3n) is 4.67. The SMILES string of the molecule is CC(C)=O.O=S(=O)(c1ccc(OCCCBr)cc1)c1c(-c2ccccc2)cn2ccccc12. The van der Waals surface area contributed by atoms with E-state index in [4.69, 9.17) is 4.74 Å². The summed E-state index contributed by atoms with van der Waals surface area (Å²) in [5.41, 5.74) is 2.21. The van der Waals surface area contributed by atoms with Gasteiger partial charge in [-0.3, -0.25) is 0 Å². The molecule has 0 spiro atoms. The molecule has 2 aromatic heterocycles. The van der Waals surface area contributed by atoms with E-state index in [1.54, 1.807) is 24.3 Å². The Morgan fingerprint density at radius 2 is 1.58 bits per heavy atom. The molecule has 0 radical (unpaired) electrons. The number of fused-ring (bicyclic) bond motifs is 1. The molecule has 2 aromatic carbocycles. The van der Waals surface area contributed by atoms with Crippen molar-refractivity contribution in [3.05, 3.63) is 85.2 Å². The molecule has 0 N–H and O–H groups in total. The topological polar surface area (TPSA) is 64.8 Å².